The SMILES string of the molecule is C[C-](C)C(=O)OC1CC2CC1C1C3CC(CC3C(=O)OCOC3C4CC5CC(C4=O)C3C5)C21.[Ru+]. The molecular weight excluding hydrogens is 521 g/mol. The molecule has 34 heavy (non-hydrogen) atoms. The molecule has 187 valence electrons. The Bertz CT molecular complexity index is 888. The number of hydrogen-bond acceptors (Lipinski definition) is 6. The Morgan fingerprint density at radius 3 is 2.38 bits per heavy atom. The third kappa shape index (κ3) is 3.24. The van der Waals surface area contributed by atoms with Crippen LogP contribution in [0.3, 0.4) is 0 Å². The fourth-order valence-electron chi connectivity index (χ4n) is 10.1. The van der Waals surface area contributed by atoms with Crippen molar-refractivity contribution in [2.24, 2.45) is 65.1 Å². The molecule has 0 aromatic rings. The molecule has 13 atom stereocenters. The summed E-state index contributed by atoms with van der Waals surface area (Å²) in [5.41, 5.74) is 0. The van der Waals surface area contributed by atoms with Gasteiger partial charge in [-0.2, -0.15) is 13.8 Å². The first-order chi connectivity index (χ1) is 15.9. The number of carbonyl (C=O) groups excluding carboxylic acids is 3. The summed E-state index contributed by atoms with van der Waals surface area (Å²) in [5.74, 6) is 5.27. The van der Waals surface area contributed by atoms with Crippen LogP contribution in [0.15, 0.2) is 0 Å². The second kappa shape index (κ2) is 8.30. The molecule has 0 aromatic carbocycles. The molecule has 8 fully saturated rings. The van der Waals surface area contributed by atoms with Crippen molar-refractivity contribution < 1.29 is 48.1 Å². The molecule has 8 aliphatic rings. The van der Waals surface area contributed by atoms with Crippen molar-refractivity contribution in [3.8, 4) is 0 Å². The molecular formula is C27H35O6Ru. The standard InChI is InChI=1S/C27H35O6.Ru/c1-11(2)26(29)33-21-9-14-8-19(21)23-15-6-13(22(14)23)7-18(15)27(30)32-10-31-25-17-4-12-3-16(17)24(28)20(25)5-12;/h12-23,25H,3-10H2,1-2H3;/q-1;+1. The molecule has 8 aliphatic carbocycles. The molecule has 8 saturated carbocycles. The van der Waals surface area contributed by atoms with E-state index in [2.05, 4.69) is 0 Å². The van der Waals surface area contributed by atoms with Gasteiger partial charge in [-0.3, -0.25) is 20.3 Å². The first kappa shape index (κ1) is 23.5. The van der Waals surface area contributed by atoms with Crippen molar-refractivity contribution in [3.05, 3.63) is 5.92 Å². The predicted octanol–water partition coefficient (Wildman–Crippen LogP) is 3.57. The zero-order valence-electron chi connectivity index (χ0n) is 20.0. The maximum absolute atomic E-state index is 13.1. The molecule has 0 amide bonds. The van der Waals surface area contributed by atoms with E-state index in [1.165, 1.54) is 0 Å². The van der Waals surface area contributed by atoms with Gasteiger partial charge in [0.1, 0.15) is 11.9 Å². The van der Waals surface area contributed by atoms with E-state index in [4.69, 9.17) is 14.2 Å². The predicted molar refractivity (Wildman–Crippen MR) is 116 cm³/mol. The maximum atomic E-state index is 13.1. The maximum Gasteiger partial charge on any atom is 1.00 e. The van der Waals surface area contributed by atoms with Crippen LogP contribution in [0.2, 0.25) is 0 Å². The number of ether oxygens (including phenoxy) is 3. The van der Waals surface area contributed by atoms with Gasteiger partial charge in [-0.25, -0.2) is 0 Å². The fraction of sp³-hybridized carbons (Fsp3) is 0.852. The first-order valence-corrected chi connectivity index (χ1v) is 13.2. The summed E-state index contributed by atoms with van der Waals surface area (Å²) < 4.78 is 17.6. The number of ketones is 1. The zero-order chi connectivity index (χ0) is 22.6. The molecule has 0 aliphatic heterocycles. The van der Waals surface area contributed by atoms with E-state index in [0.717, 1.165) is 44.9 Å². The molecule has 0 N–H and O–H groups in total. The average molecular weight is 557 g/mol. The number of rotatable bonds is 6. The smallest absolute Gasteiger partial charge is 0.484 e. The Labute approximate surface area is 214 Å². The van der Waals surface area contributed by atoms with Crippen molar-refractivity contribution in [2.75, 3.05) is 6.79 Å². The van der Waals surface area contributed by atoms with E-state index in [1.807, 2.05) is 13.8 Å². The minimum absolute atomic E-state index is 0. The summed E-state index contributed by atoms with van der Waals surface area (Å²) in [6.45, 7) is 3.60. The third-order valence-corrected chi connectivity index (χ3v) is 11.0. The van der Waals surface area contributed by atoms with E-state index < -0.39 is 0 Å². The van der Waals surface area contributed by atoms with Crippen LogP contribution in [0.5, 0.6) is 0 Å². The summed E-state index contributed by atoms with van der Waals surface area (Å²) in [5, 5.41) is 0. The van der Waals surface area contributed by atoms with E-state index >= 15 is 0 Å². The van der Waals surface area contributed by atoms with Crippen LogP contribution in [0, 0.1) is 71.0 Å². The molecule has 0 saturated heterocycles. The Balaban J connectivity index is 0.00000217. The van der Waals surface area contributed by atoms with Gasteiger partial charge < -0.3 is 14.2 Å². The summed E-state index contributed by atoms with van der Waals surface area (Å²) in [6, 6.07) is 0. The van der Waals surface area contributed by atoms with Gasteiger partial charge in [0, 0.05) is 11.8 Å². The summed E-state index contributed by atoms with van der Waals surface area (Å²) in [6.07, 6.45) is 7.29. The molecule has 13 unspecified atom stereocenters. The average Bonchev–Trinajstić information content (AvgIpc) is 3.60. The van der Waals surface area contributed by atoms with Crippen LogP contribution in [0.4, 0.5) is 0 Å². The number of Topliss-reactive ketones (excluding diaryl/α,β-unsaturated/α-hetero) is 1. The van der Waals surface area contributed by atoms with E-state index in [9.17, 15) is 14.4 Å². The largest absolute Gasteiger partial charge is 1.00 e. The summed E-state index contributed by atoms with van der Waals surface area (Å²) in [7, 11) is 0. The van der Waals surface area contributed by atoms with Crippen LogP contribution in [-0.2, 0) is 48.1 Å². The van der Waals surface area contributed by atoms with Crippen LogP contribution < -0.4 is 0 Å². The zero-order valence-corrected chi connectivity index (χ0v) is 21.7. The molecule has 0 spiro atoms. The quantitative estimate of drug-likeness (QED) is 0.164. The number of esters is 2. The topological polar surface area (TPSA) is 78.9 Å². The van der Waals surface area contributed by atoms with Gasteiger partial charge in [-0.1, -0.05) is 0 Å². The molecule has 8 rings (SSSR count). The van der Waals surface area contributed by atoms with Gasteiger partial charge in [0.2, 0.25) is 0 Å². The van der Waals surface area contributed by atoms with Gasteiger partial charge >= 0.3 is 25.4 Å². The van der Waals surface area contributed by atoms with E-state index in [1.54, 1.807) is 0 Å². The summed E-state index contributed by atoms with van der Waals surface area (Å²) in [4.78, 5) is 37.8. The molecule has 6 nitrogen and oxygen atoms in total. The molecule has 8 bridgehead atoms. The van der Waals surface area contributed by atoms with Crippen molar-refractivity contribution in [1.82, 2.24) is 0 Å². The second-order valence-electron chi connectivity index (χ2n) is 12.6. The van der Waals surface area contributed by atoms with Crippen molar-refractivity contribution in [1.29, 1.82) is 0 Å². The monoisotopic (exact) mass is 557 g/mol. The Kier molecular flexibility index (Phi) is 5.73. The van der Waals surface area contributed by atoms with Gasteiger partial charge in [0.25, 0.3) is 0 Å². The number of fused-ring (bicyclic) bond motifs is 9. The van der Waals surface area contributed by atoms with Crippen LogP contribution in [0.25, 0.3) is 0 Å². The van der Waals surface area contributed by atoms with E-state index in [-0.39, 0.29) is 68.2 Å². The minimum atomic E-state index is -0.173. The van der Waals surface area contributed by atoms with Gasteiger partial charge in [-0.15, -0.1) is 0 Å². The third-order valence-electron chi connectivity index (χ3n) is 11.0. The summed E-state index contributed by atoms with van der Waals surface area (Å²) >= 11 is 0. The normalized spacial score (nSPS) is 50.4. The Hall–Kier alpha value is -0.937. The molecule has 0 aromatic heterocycles. The van der Waals surface area contributed by atoms with Gasteiger partial charge in [0.05, 0.1) is 12.0 Å². The second-order valence-corrected chi connectivity index (χ2v) is 12.6. The molecule has 1 radical (unpaired) electrons. The molecule has 7 heteroatoms. The van der Waals surface area contributed by atoms with Crippen LogP contribution in [-0.4, -0.2) is 36.7 Å². The fourth-order valence-corrected chi connectivity index (χ4v) is 10.1. The van der Waals surface area contributed by atoms with Crippen LogP contribution in [0.1, 0.15) is 58.8 Å². The molecule has 0 heterocycles. The number of carbonyl (C=O) groups is 3. The van der Waals surface area contributed by atoms with Crippen LogP contribution >= 0.6 is 0 Å². The Morgan fingerprint density at radius 2 is 1.62 bits per heavy atom. The van der Waals surface area contributed by atoms with Crippen molar-refractivity contribution >= 4 is 17.7 Å². The first-order valence-electron chi connectivity index (χ1n) is 13.2. The van der Waals surface area contributed by atoms with Crippen molar-refractivity contribution in [3.63, 3.8) is 0 Å². The minimum Gasteiger partial charge on any atom is -0.484 e. The van der Waals surface area contributed by atoms with Gasteiger partial charge in [-0.05, 0) is 92.3 Å². The van der Waals surface area contributed by atoms with Gasteiger partial charge in [0.15, 0.2) is 12.8 Å². The number of hydrogen-bond donors (Lipinski definition) is 0. The van der Waals surface area contributed by atoms with E-state index in [0.29, 0.717) is 59.0 Å². The van der Waals surface area contributed by atoms with Crippen molar-refractivity contribution in [2.45, 2.75) is 71.0 Å². The Morgan fingerprint density at radius 1 is 0.882 bits per heavy atom.